The lowest BCUT2D eigenvalue weighted by Gasteiger charge is -2.27. The first-order chi connectivity index (χ1) is 17.5. The van der Waals surface area contributed by atoms with Gasteiger partial charge in [-0.3, -0.25) is 4.90 Å². The van der Waals surface area contributed by atoms with Crippen molar-refractivity contribution in [2.45, 2.75) is 13.0 Å². The summed E-state index contributed by atoms with van der Waals surface area (Å²) in [5.74, 6) is -2.12. The number of nitrogens with zero attached hydrogens (tertiary/aromatic N) is 3. The van der Waals surface area contributed by atoms with E-state index < -0.39 is 24.8 Å². The monoisotopic (exact) mass is 572 g/mol. The van der Waals surface area contributed by atoms with E-state index >= 15 is 0 Å². The average molecular weight is 574 g/mol. The molecule has 0 unspecified atom stereocenters. The van der Waals surface area contributed by atoms with Crippen molar-refractivity contribution in [1.29, 1.82) is 0 Å². The van der Waals surface area contributed by atoms with Crippen molar-refractivity contribution < 1.29 is 27.8 Å². The van der Waals surface area contributed by atoms with E-state index in [1.165, 1.54) is 29.2 Å². The molecule has 13 heteroatoms. The Balaban J connectivity index is 2.01. The van der Waals surface area contributed by atoms with E-state index in [-0.39, 0.29) is 50.1 Å². The summed E-state index contributed by atoms with van der Waals surface area (Å²) < 4.78 is 46.2. The number of alkyl halides is 2. The number of halogens is 6. The summed E-state index contributed by atoms with van der Waals surface area (Å²) in [6.07, 6.45) is -2.81. The van der Waals surface area contributed by atoms with Crippen molar-refractivity contribution >= 4 is 69.1 Å². The normalized spacial score (nSPS) is 11.4. The van der Waals surface area contributed by atoms with E-state index in [9.17, 15) is 23.1 Å². The molecule has 1 heterocycles. The van der Waals surface area contributed by atoms with Crippen LogP contribution in [0.4, 0.5) is 30.5 Å². The summed E-state index contributed by atoms with van der Waals surface area (Å²) in [5, 5.41) is 9.84. The van der Waals surface area contributed by atoms with Crippen molar-refractivity contribution in [2.24, 2.45) is 12.8 Å². The number of aryl methyl sites for hydroxylation is 1. The summed E-state index contributed by atoms with van der Waals surface area (Å²) in [7, 11) is 1.61. The Hall–Kier alpha value is -3.18. The quantitative estimate of drug-likeness (QED) is 0.237. The fourth-order valence-corrected chi connectivity index (χ4v) is 4.55. The largest absolute Gasteiger partial charge is 0.487 e. The minimum absolute atomic E-state index is 0.0936. The second-order valence-electron chi connectivity index (χ2n) is 7.82. The van der Waals surface area contributed by atoms with Crippen LogP contribution in [0.15, 0.2) is 42.5 Å². The summed E-state index contributed by atoms with van der Waals surface area (Å²) in [5.41, 5.74) is 7.20. The van der Waals surface area contributed by atoms with Gasteiger partial charge in [-0.2, -0.15) is 0 Å². The lowest BCUT2D eigenvalue weighted by Crippen LogP contribution is -2.16. The predicted molar refractivity (Wildman–Crippen MR) is 137 cm³/mol. The predicted octanol–water partition coefficient (Wildman–Crippen LogP) is 6.94. The zero-order valence-electron chi connectivity index (χ0n) is 19.0. The molecule has 37 heavy (non-hydrogen) atoms. The molecule has 4 rings (SSSR count). The van der Waals surface area contributed by atoms with Crippen LogP contribution in [0.5, 0.6) is 5.75 Å². The smallest absolute Gasteiger partial charge is 0.339 e. The number of aromatic carboxylic acids is 1. The number of benzene rings is 3. The number of carbonyl (C=O) groups is 1. The molecular weight excluding hydrogens is 556 g/mol. The molecule has 194 valence electrons. The molecule has 0 spiro atoms. The molecule has 0 aliphatic carbocycles. The number of ether oxygens (including phenoxy) is 1. The second kappa shape index (κ2) is 10.7. The molecule has 0 amide bonds. The fourth-order valence-electron chi connectivity index (χ4n) is 3.76. The van der Waals surface area contributed by atoms with E-state index in [4.69, 9.17) is 45.3 Å². The van der Waals surface area contributed by atoms with Gasteiger partial charge in [-0.25, -0.2) is 22.9 Å². The Morgan fingerprint density at radius 1 is 1.16 bits per heavy atom. The summed E-state index contributed by atoms with van der Waals surface area (Å²) in [4.78, 5) is 17.9. The molecule has 1 aromatic heterocycles. The van der Waals surface area contributed by atoms with E-state index in [1.807, 2.05) is 0 Å². The molecule has 4 aromatic rings. The summed E-state index contributed by atoms with van der Waals surface area (Å²) >= 11 is 19.3. The maximum atomic E-state index is 14.0. The van der Waals surface area contributed by atoms with Crippen molar-refractivity contribution in [3.8, 4) is 5.75 Å². The highest BCUT2D eigenvalue weighted by atomic mass is 35.5. The number of fused-ring (bicyclic) bond motifs is 1. The molecule has 3 aromatic carbocycles. The zero-order valence-corrected chi connectivity index (χ0v) is 21.3. The second-order valence-corrected chi connectivity index (χ2v) is 9.01. The molecule has 0 aliphatic heterocycles. The Labute approximate surface area is 223 Å². The van der Waals surface area contributed by atoms with Crippen molar-refractivity contribution in [3.63, 3.8) is 0 Å². The number of hydrogen-bond donors (Lipinski definition) is 2. The Morgan fingerprint density at radius 2 is 1.89 bits per heavy atom. The first-order valence-corrected chi connectivity index (χ1v) is 11.7. The molecule has 0 radical (unpaired) electrons. The van der Waals surface area contributed by atoms with Crippen LogP contribution in [0.2, 0.25) is 15.1 Å². The van der Waals surface area contributed by atoms with Gasteiger partial charge in [-0.05, 0) is 35.9 Å². The molecule has 0 fully saturated rings. The van der Waals surface area contributed by atoms with Crippen LogP contribution in [0.3, 0.4) is 0 Å². The highest BCUT2D eigenvalue weighted by Gasteiger charge is 2.27. The van der Waals surface area contributed by atoms with Gasteiger partial charge in [0.25, 0.3) is 6.43 Å². The fraction of sp³-hybridized carbons (Fsp3) is 0.167. The number of aromatic nitrogens is 2. The number of hydrogen-bond acceptors (Lipinski definition) is 5. The van der Waals surface area contributed by atoms with Gasteiger partial charge in [0.2, 0.25) is 5.95 Å². The van der Waals surface area contributed by atoms with Gasteiger partial charge in [-0.15, -0.1) is 0 Å². The summed E-state index contributed by atoms with van der Waals surface area (Å²) in [6.45, 7) is -0.899. The average Bonchev–Trinajstić information content (AvgIpc) is 3.16. The Morgan fingerprint density at radius 3 is 2.51 bits per heavy atom. The number of rotatable bonds is 8. The first-order valence-electron chi connectivity index (χ1n) is 10.6. The number of carboxylic acid groups (broad SMARTS) is 1. The topological polar surface area (TPSA) is 93.6 Å². The Bertz CT molecular complexity index is 1510. The maximum Gasteiger partial charge on any atom is 0.339 e. The van der Waals surface area contributed by atoms with E-state index in [1.54, 1.807) is 23.7 Å². The van der Waals surface area contributed by atoms with Gasteiger partial charge in [0, 0.05) is 19.7 Å². The third-order valence-corrected chi connectivity index (χ3v) is 6.52. The number of imidazole rings is 1. The van der Waals surface area contributed by atoms with Crippen LogP contribution in [-0.2, 0) is 13.6 Å². The third kappa shape index (κ3) is 5.15. The number of carboxylic acids is 1. The lowest BCUT2D eigenvalue weighted by molar-refractivity contribution is 0.0664. The van der Waals surface area contributed by atoms with E-state index in [2.05, 4.69) is 4.98 Å². The zero-order chi connectivity index (χ0) is 27.0. The molecule has 0 saturated carbocycles. The van der Waals surface area contributed by atoms with Gasteiger partial charge < -0.3 is 20.1 Å². The highest BCUT2D eigenvalue weighted by Crippen LogP contribution is 2.45. The van der Waals surface area contributed by atoms with Crippen LogP contribution < -0.4 is 15.4 Å². The van der Waals surface area contributed by atoms with Crippen LogP contribution >= 0.6 is 34.8 Å². The van der Waals surface area contributed by atoms with Gasteiger partial charge >= 0.3 is 5.97 Å². The third-order valence-electron chi connectivity index (χ3n) is 5.51. The SMILES string of the molecule is Cn1c(N(c2ccc(F)c(Cl)c2)c2c(Cl)ccc(CN)c2Cl)nc2cc(C(=O)O)c(OCC(F)F)cc21. The van der Waals surface area contributed by atoms with Crippen molar-refractivity contribution in [3.05, 3.63) is 74.5 Å². The molecule has 0 atom stereocenters. The number of anilines is 3. The molecule has 0 bridgehead atoms. The van der Waals surface area contributed by atoms with Gasteiger partial charge in [-0.1, -0.05) is 40.9 Å². The minimum Gasteiger partial charge on any atom is -0.487 e. The number of nitrogens with two attached hydrogens (primary N) is 1. The van der Waals surface area contributed by atoms with Gasteiger partial charge in [0.1, 0.15) is 23.7 Å². The molecular formula is C24H18Cl3F3N4O3. The van der Waals surface area contributed by atoms with Crippen molar-refractivity contribution in [1.82, 2.24) is 9.55 Å². The van der Waals surface area contributed by atoms with Crippen LogP contribution in [-0.4, -0.2) is 33.7 Å². The van der Waals surface area contributed by atoms with Gasteiger partial charge in [0.15, 0.2) is 0 Å². The van der Waals surface area contributed by atoms with Gasteiger partial charge in [0.05, 0.1) is 37.5 Å². The van der Waals surface area contributed by atoms with Crippen LogP contribution in [0.25, 0.3) is 11.0 Å². The first kappa shape index (κ1) is 26.9. The van der Waals surface area contributed by atoms with Crippen LogP contribution in [0, 0.1) is 5.82 Å². The molecule has 0 saturated heterocycles. The standard InChI is InChI=1S/C24H18Cl3F3N4O3/c1-33-18-8-19(37-10-20(29)30)13(23(35)36)7-17(18)32-24(33)34(12-3-5-16(28)15(26)6-12)22-14(25)4-2-11(9-31)21(22)27/h2-8,20H,9-10,31H2,1H3,(H,35,36). The lowest BCUT2D eigenvalue weighted by atomic mass is 10.1. The van der Waals surface area contributed by atoms with Crippen molar-refractivity contribution in [2.75, 3.05) is 11.5 Å². The molecule has 7 nitrogen and oxygen atoms in total. The summed E-state index contributed by atoms with van der Waals surface area (Å²) in [6, 6.07) is 9.68. The van der Waals surface area contributed by atoms with E-state index in [0.717, 1.165) is 6.07 Å². The molecule has 0 aliphatic rings. The maximum absolute atomic E-state index is 14.0. The van der Waals surface area contributed by atoms with Crippen LogP contribution in [0.1, 0.15) is 15.9 Å². The minimum atomic E-state index is -2.81. The Kier molecular flexibility index (Phi) is 7.75. The van der Waals surface area contributed by atoms with E-state index in [0.29, 0.717) is 16.8 Å². The highest BCUT2D eigenvalue weighted by molar-refractivity contribution is 6.40. The molecule has 3 N–H and O–H groups in total.